The number of hydrogen-bond acceptors (Lipinski definition) is 4. The van der Waals surface area contributed by atoms with Crippen molar-refractivity contribution >= 4 is 44.3 Å². The highest BCUT2D eigenvalue weighted by atomic mass is 79.9. The Kier molecular flexibility index (Phi) is 4.76. The van der Waals surface area contributed by atoms with Gasteiger partial charge in [0.1, 0.15) is 5.84 Å². The van der Waals surface area contributed by atoms with Crippen LogP contribution >= 0.6 is 15.9 Å². The molecular formula is C18H18BrN5. The SMILES string of the molecule is CC(C)N=C(N)c1ccc(Nc2ncc3cc(Br)ccc3n2)cc1. The summed E-state index contributed by atoms with van der Waals surface area (Å²) in [7, 11) is 0. The molecule has 3 rings (SSSR count). The van der Waals surface area contributed by atoms with Gasteiger partial charge in [-0.2, -0.15) is 0 Å². The van der Waals surface area contributed by atoms with E-state index in [2.05, 4.69) is 36.2 Å². The predicted octanol–water partition coefficient (Wildman–Crippen LogP) is 4.25. The molecule has 3 aromatic rings. The number of nitrogens with two attached hydrogens (primary N) is 1. The van der Waals surface area contributed by atoms with Crippen molar-refractivity contribution in [1.82, 2.24) is 9.97 Å². The first-order valence-corrected chi connectivity index (χ1v) is 8.43. The first-order valence-electron chi connectivity index (χ1n) is 7.64. The number of anilines is 2. The van der Waals surface area contributed by atoms with E-state index in [1.807, 2.05) is 56.3 Å². The average Bonchev–Trinajstić information content (AvgIpc) is 2.55. The number of aromatic nitrogens is 2. The second-order valence-corrected chi connectivity index (χ2v) is 6.62. The third kappa shape index (κ3) is 3.89. The third-order valence-electron chi connectivity index (χ3n) is 3.38. The van der Waals surface area contributed by atoms with Gasteiger partial charge >= 0.3 is 0 Å². The van der Waals surface area contributed by atoms with E-state index in [0.29, 0.717) is 11.8 Å². The summed E-state index contributed by atoms with van der Waals surface area (Å²) < 4.78 is 1.01. The van der Waals surface area contributed by atoms with Crippen LogP contribution in [0.1, 0.15) is 19.4 Å². The number of hydrogen-bond donors (Lipinski definition) is 2. The fourth-order valence-electron chi connectivity index (χ4n) is 2.27. The molecule has 3 N–H and O–H groups in total. The number of halogens is 1. The Morgan fingerprint density at radius 2 is 1.92 bits per heavy atom. The zero-order valence-corrected chi connectivity index (χ0v) is 15.1. The number of aliphatic imine (C=N–C) groups is 1. The van der Waals surface area contributed by atoms with Crippen molar-refractivity contribution in [3.8, 4) is 0 Å². The zero-order valence-electron chi connectivity index (χ0n) is 13.5. The number of benzene rings is 2. The van der Waals surface area contributed by atoms with Crippen LogP contribution in [0.2, 0.25) is 0 Å². The number of fused-ring (bicyclic) bond motifs is 1. The fraction of sp³-hybridized carbons (Fsp3) is 0.167. The summed E-state index contributed by atoms with van der Waals surface area (Å²) in [5.74, 6) is 1.10. The van der Waals surface area contributed by atoms with Crippen LogP contribution in [0.15, 0.2) is 58.1 Å². The molecule has 0 aliphatic carbocycles. The molecule has 0 atom stereocenters. The highest BCUT2D eigenvalue weighted by molar-refractivity contribution is 9.10. The number of nitrogens with one attached hydrogen (secondary N) is 1. The number of nitrogens with zero attached hydrogens (tertiary/aromatic N) is 3. The van der Waals surface area contributed by atoms with Crippen molar-refractivity contribution in [2.75, 3.05) is 5.32 Å². The normalized spacial score (nSPS) is 11.9. The Balaban J connectivity index is 1.80. The van der Waals surface area contributed by atoms with Crippen LogP contribution in [0.25, 0.3) is 10.9 Å². The van der Waals surface area contributed by atoms with Crippen molar-refractivity contribution in [2.45, 2.75) is 19.9 Å². The van der Waals surface area contributed by atoms with E-state index in [1.54, 1.807) is 6.20 Å². The molecule has 0 aliphatic rings. The van der Waals surface area contributed by atoms with Gasteiger partial charge in [0.2, 0.25) is 5.95 Å². The van der Waals surface area contributed by atoms with Crippen LogP contribution in [0.5, 0.6) is 0 Å². The molecule has 0 spiro atoms. The molecule has 0 saturated heterocycles. The average molecular weight is 384 g/mol. The topological polar surface area (TPSA) is 76.2 Å². The largest absolute Gasteiger partial charge is 0.383 e. The van der Waals surface area contributed by atoms with Gasteiger partial charge in [0.15, 0.2) is 0 Å². The standard InChI is InChI=1S/C18H18BrN5/c1-11(2)22-17(20)12-3-6-15(7-4-12)23-18-21-10-13-9-14(19)5-8-16(13)24-18/h3-11H,1-2H3,(H2,20,22)(H,21,23,24). The second-order valence-electron chi connectivity index (χ2n) is 5.71. The van der Waals surface area contributed by atoms with Gasteiger partial charge in [0.05, 0.1) is 5.52 Å². The van der Waals surface area contributed by atoms with Gasteiger partial charge in [-0.05, 0) is 56.3 Å². The smallest absolute Gasteiger partial charge is 0.227 e. The Morgan fingerprint density at radius 3 is 2.62 bits per heavy atom. The van der Waals surface area contributed by atoms with Crippen LogP contribution < -0.4 is 11.1 Å². The Bertz CT molecular complexity index is 888. The molecule has 122 valence electrons. The van der Waals surface area contributed by atoms with Gasteiger partial charge in [-0.25, -0.2) is 9.97 Å². The molecule has 0 fully saturated rings. The quantitative estimate of drug-likeness (QED) is 0.521. The molecule has 0 amide bonds. The van der Waals surface area contributed by atoms with Crippen molar-refractivity contribution in [3.63, 3.8) is 0 Å². The lowest BCUT2D eigenvalue weighted by Gasteiger charge is -2.08. The molecule has 6 heteroatoms. The van der Waals surface area contributed by atoms with Crippen molar-refractivity contribution < 1.29 is 0 Å². The van der Waals surface area contributed by atoms with Gasteiger partial charge in [0, 0.05) is 33.3 Å². The number of rotatable bonds is 4. The molecule has 0 unspecified atom stereocenters. The highest BCUT2D eigenvalue weighted by Crippen LogP contribution is 2.20. The van der Waals surface area contributed by atoms with Crippen LogP contribution in [0, 0.1) is 0 Å². The monoisotopic (exact) mass is 383 g/mol. The van der Waals surface area contributed by atoms with E-state index in [4.69, 9.17) is 5.73 Å². The van der Waals surface area contributed by atoms with Crippen molar-refractivity contribution in [2.24, 2.45) is 10.7 Å². The highest BCUT2D eigenvalue weighted by Gasteiger charge is 2.03. The maximum atomic E-state index is 5.97. The minimum atomic E-state index is 0.175. The molecule has 0 saturated carbocycles. The molecule has 2 aromatic carbocycles. The van der Waals surface area contributed by atoms with Gasteiger partial charge in [-0.1, -0.05) is 15.9 Å². The summed E-state index contributed by atoms with van der Waals surface area (Å²) in [4.78, 5) is 13.2. The van der Waals surface area contributed by atoms with E-state index < -0.39 is 0 Å². The summed E-state index contributed by atoms with van der Waals surface area (Å²) >= 11 is 3.45. The Labute approximate surface area is 149 Å². The van der Waals surface area contributed by atoms with Crippen molar-refractivity contribution in [1.29, 1.82) is 0 Å². The molecule has 0 radical (unpaired) electrons. The molecule has 0 bridgehead atoms. The Morgan fingerprint density at radius 1 is 1.17 bits per heavy atom. The molecule has 5 nitrogen and oxygen atoms in total. The van der Waals surface area contributed by atoms with Gasteiger partial charge in [-0.3, -0.25) is 4.99 Å². The van der Waals surface area contributed by atoms with Crippen molar-refractivity contribution in [3.05, 3.63) is 58.7 Å². The summed E-state index contributed by atoms with van der Waals surface area (Å²) in [6.07, 6.45) is 1.80. The van der Waals surface area contributed by atoms with E-state index >= 15 is 0 Å². The van der Waals surface area contributed by atoms with E-state index in [1.165, 1.54) is 0 Å². The lowest BCUT2D eigenvalue weighted by Crippen LogP contribution is -2.15. The summed E-state index contributed by atoms with van der Waals surface area (Å²) in [5, 5.41) is 4.19. The molecule has 0 aliphatic heterocycles. The summed E-state index contributed by atoms with van der Waals surface area (Å²) in [5.41, 5.74) is 8.66. The first-order chi connectivity index (χ1) is 11.5. The lowest BCUT2D eigenvalue weighted by molar-refractivity contribution is 0.834. The zero-order chi connectivity index (χ0) is 17.1. The van der Waals surface area contributed by atoms with E-state index in [9.17, 15) is 0 Å². The van der Waals surface area contributed by atoms with Crippen LogP contribution in [-0.2, 0) is 0 Å². The summed E-state index contributed by atoms with van der Waals surface area (Å²) in [6, 6.07) is 13.8. The van der Waals surface area contributed by atoms with E-state index in [0.717, 1.165) is 26.6 Å². The van der Waals surface area contributed by atoms with Crippen LogP contribution in [-0.4, -0.2) is 21.8 Å². The molecule has 1 heterocycles. The second kappa shape index (κ2) is 6.97. The van der Waals surface area contributed by atoms with Crippen LogP contribution in [0.4, 0.5) is 11.6 Å². The summed E-state index contributed by atoms with van der Waals surface area (Å²) in [6.45, 7) is 4.00. The Hall–Kier alpha value is -2.47. The molecule has 24 heavy (non-hydrogen) atoms. The van der Waals surface area contributed by atoms with Gasteiger partial charge < -0.3 is 11.1 Å². The minimum Gasteiger partial charge on any atom is -0.383 e. The van der Waals surface area contributed by atoms with Gasteiger partial charge in [0.25, 0.3) is 0 Å². The first kappa shape index (κ1) is 16.4. The molecular weight excluding hydrogens is 366 g/mol. The maximum absolute atomic E-state index is 5.97. The fourth-order valence-corrected chi connectivity index (χ4v) is 2.65. The molecule has 1 aromatic heterocycles. The third-order valence-corrected chi connectivity index (χ3v) is 3.87. The van der Waals surface area contributed by atoms with E-state index in [-0.39, 0.29) is 6.04 Å². The minimum absolute atomic E-state index is 0.175. The number of amidine groups is 1. The van der Waals surface area contributed by atoms with Crippen LogP contribution in [0.3, 0.4) is 0 Å². The maximum Gasteiger partial charge on any atom is 0.227 e. The predicted molar refractivity (Wildman–Crippen MR) is 103 cm³/mol. The van der Waals surface area contributed by atoms with Gasteiger partial charge in [-0.15, -0.1) is 0 Å². The lowest BCUT2D eigenvalue weighted by atomic mass is 10.2.